The number of nitro benzene ring substituents is 1. The van der Waals surface area contributed by atoms with Gasteiger partial charge in [-0.05, 0) is 31.4 Å². The van der Waals surface area contributed by atoms with Crippen LogP contribution in [0.3, 0.4) is 0 Å². The second-order valence-corrected chi connectivity index (χ2v) is 5.15. The number of likely N-dealkylation sites (N-methyl/N-ethyl adjacent to an activating group) is 1. The Balaban J connectivity index is 2.19. The van der Waals surface area contributed by atoms with Crippen molar-refractivity contribution >= 4 is 11.6 Å². The van der Waals surface area contributed by atoms with Crippen molar-refractivity contribution in [1.29, 1.82) is 0 Å². The van der Waals surface area contributed by atoms with Crippen LogP contribution in [0.4, 0.5) is 5.69 Å². The number of nitrogens with zero attached hydrogens (tertiary/aromatic N) is 1. The van der Waals surface area contributed by atoms with Crippen LogP contribution in [-0.4, -0.2) is 29.5 Å². The first-order valence-electron chi connectivity index (χ1n) is 6.92. The highest BCUT2D eigenvalue weighted by atomic mass is 16.6. The van der Waals surface area contributed by atoms with Crippen molar-refractivity contribution in [3.8, 4) is 5.75 Å². The third-order valence-corrected chi connectivity index (χ3v) is 3.72. The first kappa shape index (κ1) is 15.2. The van der Waals surface area contributed by atoms with Gasteiger partial charge in [0.1, 0.15) is 12.1 Å². The molecule has 1 aliphatic carbocycles. The zero-order valence-electron chi connectivity index (χ0n) is 11.9. The number of hydrogen-bond acceptors (Lipinski definition) is 5. The van der Waals surface area contributed by atoms with Crippen LogP contribution < -0.4 is 15.8 Å². The minimum absolute atomic E-state index is 0.00824. The third-order valence-electron chi connectivity index (χ3n) is 3.72. The number of benzene rings is 1. The number of para-hydroxylation sites is 2. The van der Waals surface area contributed by atoms with Crippen LogP contribution in [0, 0.1) is 16.0 Å². The predicted molar refractivity (Wildman–Crippen MR) is 76.9 cm³/mol. The van der Waals surface area contributed by atoms with Gasteiger partial charge in [-0.15, -0.1) is 0 Å². The summed E-state index contributed by atoms with van der Waals surface area (Å²) in [6, 6.07) is 6.10. The van der Waals surface area contributed by atoms with Gasteiger partial charge in [-0.3, -0.25) is 14.9 Å². The number of amides is 1. The van der Waals surface area contributed by atoms with E-state index in [1.807, 2.05) is 6.92 Å². The molecule has 1 saturated carbocycles. The molecule has 1 aliphatic rings. The van der Waals surface area contributed by atoms with Gasteiger partial charge in [0, 0.05) is 6.07 Å². The van der Waals surface area contributed by atoms with Crippen molar-refractivity contribution in [3.63, 3.8) is 0 Å². The summed E-state index contributed by atoms with van der Waals surface area (Å²) in [6.45, 7) is 2.44. The zero-order valence-corrected chi connectivity index (χ0v) is 11.9. The summed E-state index contributed by atoms with van der Waals surface area (Å²) in [5.74, 6) is -0.213. The van der Waals surface area contributed by atoms with E-state index in [0.29, 0.717) is 6.54 Å². The molecule has 1 unspecified atom stereocenters. The molecular weight excluding hydrogens is 274 g/mol. The molecule has 21 heavy (non-hydrogen) atoms. The SMILES string of the molecule is CCNC(COc1ccccc1[N+](=O)[O-])(C(N)=O)C1CC1. The van der Waals surface area contributed by atoms with Gasteiger partial charge in [-0.2, -0.15) is 0 Å². The summed E-state index contributed by atoms with van der Waals surface area (Å²) in [7, 11) is 0. The van der Waals surface area contributed by atoms with Gasteiger partial charge in [-0.1, -0.05) is 19.1 Å². The summed E-state index contributed by atoms with van der Waals surface area (Å²) in [5.41, 5.74) is 4.46. The quantitative estimate of drug-likeness (QED) is 0.553. The highest BCUT2D eigenvalue weighted by molar-refractivity contribution is 5.85. The topological polar surface area (TPSA) is 107 Å². The maximum Gasteiger partial charge on any atom is 0.310 e. The first-order chi connectivity index (χ1) is 10.0. The molecule has 7 nitrogen and oxygen atoms in total. The van der Waals surface area contributed by atoms with Crippen molar-refractivity contribution in [3.05, 3.63) is 34.4 Å². The molecule has 0 radical (unpaired) electrons. The fourth-order valence-electron chi connectivity index (χ4n) is 2.49. The summed E-state index contributed by atoms with van der Waals surface area (Å²) in [5, 5.41) is 14.1. The number of nitrogens with one attached hydrogen (secondary N) is 1. The molecule has 0 saturated heterocycles. The molecule has 1 aromatic carbocycles. The van der Waals surface area contributed by atoms with Gasteiger partial charge in [0.2, 0.25) is 5.91 Å². The monoisotopic (exact) mass is 293 g/mol. The lowest BCUT2D eigenvalue weighted by Gasteiger charge is -2.31. The molecule has 1 aromatic rings. The standard InChI is InChI=1S/C14H19N3O4/c1-2-16-14(13(15)18,10-7-8-10)9-21-12-6-4-3-5-11(12)17(19)20/h3-6,10,16H,2,7-9H2,1H3,(H2,15,18). The predicted octanol–water partition coefficient (Wildman–Crippen LogP) is 1.22. The largest absolute Gasteiger partial charge is 0.484 e. The van der Waals surface area contributed by atoms with E-state index in [0.717, 1.165) is 12.8 Å². The molecule has 0 aliphatic heterocycles. The average Bonchev–Trinajstić information content (AvgIpc) is 3.28. The van der Waals surface area contributed by atoms with E-state index in [4.69, 9.17) is 10.5 Å². The normalized spacial score (nSPS) is 17.0. The minimum atomic E-state index is -0.960. The van der Waals surface area contributed by atoms with E-state index in [2.05, 4.69) is 5.32 Å². The van der Waals surface area contributed by atoms with Crippen LogP contribution in [0.5, 0.6) is 5.75 Å². The average molecular weight is 293 g/mol. The van der Waals surface area contributed by atoms with Crippen LogP contribution in [0.1, 0.15) is 19.8 Å². The van der Waals surface area contributed by atoms with Crippen molar-refractivity contribution in [2.75, 3.05) is 13.2 Å². The van der Waals surface area contributed by atoms with Gasteiger partial charge in [0.15, 0.2) is 5.75 Å². The van der Waals surface area contributed by atoms with Gasteiger partial charge in [0.05, 0.1) is 4.92 Å². The van der Waals surface area contributed by atoms with E-state index in [9.17, 15) is 14.9 Å². The molecule has 3 N–H and O–H groups in total. The molecule has 0 spiro atoms. The zero-order chi connectivity index (χ0) is 15.5. The number of hydrogen-bond donors (Lipinski definition) is 2. The summed E-state index contributed by atoms with van der Waals surface area (Å²) in [6.07, 6.45) is 1.80. The molecule has 2 rings (SSSR count). The highest BCUT2D eigenvalue weighted by Gasteiger charge is 2.50. The van der Waals surface area contributed by atoms with Crippen molar-refractivity contribution in [2.45, 2.75) is 25.3 Å². The fourth-order valence-corrected chi connectivity index (χ4v) is 2.49. The Hall–Kier alpha value is -2.15. The van der Waals surface area contributed by atoms with Gasteiger partial charge < -0.3 is 15.8 Å². The van der Waals surface area contributed by atoms with Gasteiger partial charge >= 0.3 is 5.69 Å². The van der Waals surface area contributed by atoms with Crippen LogP contribution >= 0.6 is 0 Å². The van der Waals surface area contributed by atoms with Crippen LogP contribution in [0.25, 0.3) is 0 Å². The Kier molecular flexibility index (Phi) is 4.42. The Morgan fingerprint density at radius 3 is 2.71 bits per heavy atom. The van der Waals surface area contributed by atoms with Crippen LogP contribution in [0.15, 0.2) is 24.3 Å². The number of nitro groups is 1. The number of ether oxygens (including phenoxy) is 1. The summed E-state index contributed by atoms with van der Waals surface area (Å²) < 4.78 is 5.57. The van der Waals surface area contributed by atoms with Crippen LogP contribution in [0.2, 0.25) is 0 Å². The molecular formula is C14H19N3O4. The number of carbonyl (C=O) groups is 1. The Labute approximate surface area is 122 Å². The molecule has 0 bridgehead atoms. The van der Waals surface area contributed by atoms with Gasteiger partial charge in [0.25, 0.3) is 0 Å². The second kappa shape index (κ2) is 6.09. The van der Waals surface area contributed by atoms with Crippen LogP contribution in [-0.2, 0) is 4.79 Å². The number of carbonyl (C=O) groups excluding carboxylic acids is 1. The maximum atomic E-state index is 11.9. The van der Waals surface area contributed by atoms with E-state index in [1.54, 1.807) is 12.1 Å². The lowest BCUT2D eigenvalue weighted by Crippen LogP contribution is -2.61. The van der Waals surface area contributed by atoms with Crippen molar-refractivity contribution in [2.24, 2.45) is 11.7 Å². The van der Waals surface area contributed by atoms with E-state index < -0.39 is 16.4 Å². The molecule has 0 aromatic heterocycles. The third kappa shape index (κ3) is 3.13. The minimum Gasteiger partial charge on any atom is -0.484 e. The molecule has 1 fully saturated rings. The smallest absolute Gasteiger partial charge is 0.310 e. The highest BCUT2D eigenvalue weighted by Crippen LogP contribution is 2.40. The molecule has 1 atom stereocenters. The van der Waals surface area contributed by atoms with E-state index in [-0.39, 0.29) is 24.0 Å². The Morgan fingerprint density at radius 1 is 1.52 bits per heavy atom. The summed E-state index contributed by atoms with van der Waals surface area (Å²) in [4.78, 5) is 22.3. The molecule has 1 amide bonds. The van der Waals surface area contributed by atoms with Gasteiger partial charge in [-0.25, -0.2) is 0 Å². The Morgan fingerprint density at radius 2 is 2.19 bits per heavy atom. The number of rotatable bonds is 8. The lowest BCUT2D eigenvalue weighted by atomic mass is 9.93. The maximum absolute atomic E-state index is 11.9. The van der Waals surface area contributed by atoms with Crippen molar-refractivity contribution < 1.29 is 14.5 Å². The first-order valence-corrected chi connectivity index (χ1v) is 6.92. The fraction of sp³-hybridized carbons (Fsp3) is 0.500. The number of primary amides is 1. The lowest BCUT2D eigenvalue weighted by molar-refractivity contribution is -0.385. The number of nitrogens with two attached hydrogens (primary N) is 1. The van der Waals surface area contributed by atoms with E-state index in [1.165, 1.54) is 12.1 Å². The molecule has 0 heterocycles. The molecule has 7 heteroatoms. The Bertz CT molecular complexity index is 545. The van der Waals surface area contributed by atoms with Crippen molar-refractivity contribution in [1.82, 2.24) is 5.32 Å². The van der Waals surface area contributed by atoms with E-state index >= 15 is 0 Å². The second-order valence-electron chi connectivity index (χ2n) is 5.15. The molecule has 114 valence electrons. The summed E-state index contributed by atoms with van der Waals surface area (Å²) >= 11 is 0.